The first-order valence-electron chi connectivity index (χ1n) is 9.11. The zero-order valence-corrected chi connectivity index (χ0v) is 16.9. The van der Waals surface area contributed by atoms with Crippen molar-refractivity contribution in [3.8, 4) is 5.75 Å². The third-order valence-electron chi connectivity index (χ3n) is 3.86. The van der Waals surface area contributed by atoms with E-state index in [1.54, 1.807) is 12.1 Å². The van der Waals surface area contributed by atoms with Gasteiger partial charge in [0.15, 0.2) is 0 Å². The molecule has 0 aliphatic rings. The van der Waals surface area contributed by atoms with Gasteiger partial charge >= 0.3 is 5.97 Å². The number of nitrogens with zero attached hydrogens (tertiary/aromatic N) is 1. The van der Waals surface area contributed by atoms with Crippen molar-refractivity contribution in [2.24, 2.45) is 0 Å². The van der Waals surface area contributed by atoms with Gasteiger partial charge in [-0.1, -0.05) is 42.6 Å². The highest BCUT2D eigenvalue weighted by atomic mass is 79.9. The lowest BCUT2D eigenvalue weighted by atomic mass is 10.1. The van der Waals surface area contributed by atoms with E-state index in [1.165, 1.54) is 6.08 Å². The van der Waals surface area contributed by atoms with Gasteiger partial charge in [0, 0.05) is 41.8 Å². The number of rotatable bonds is 12. The van der Waals surface area contributed by atoms with E-state index in [9.17, 15) is 9.90 Å². The number of alkyl halides is 1. The summed E-state index contributed by atoms with van der Waals surface area (Å²) in [5.74, 6) is -0.211. The minimum absolute atomic E-state index is 0.181. The Morgan fingerprint density at radius 2 is 1.88 bits per heavy atom. The SMILES string of the molecule is CCCCN(CCCC)c1ccc(C=CC(=O)OCCCBr)c(O)c1. The molecule has 0 saturated heterocycles. The van der Waals surface area contributed by atoms with Crippen LogP contribution in [-0.4, -0.2) is 36.1 Å². The highest BCUT2D eigenvalue weighted by Crippen LogP contribution is 2.26. The number of phenolic OH excluding ortho intramolecular Hbond substituents is 1. The third kappa shape index (κ3) is 8.43. The number of halogens is 1. The van der Waals surface area contributed by atoms with Gasteiger partial charge in [-0.2, -0.15) is 0 Å². The maximum absolute atomic E-state index is 11.6. The van der Waals surface area contributed by atoms with Gasteiger partial charge < -0.3 is 14.7 Å². The molecule has 0 heterocycles. The zero-order valence-electron chi connectivity index (χ0n) is 15.3. The molecule has 0 unspecified atom stereocenters. The predicted molar refractivity (Wildman–Crippen MR) is 109 cm³/mol. The highest BCUT2D eigenvalue weighted by molar-refractivity contribution is 9.09. The first kappa shape index (κ1) is 21.6. The van der Waals surface area contributed by atoms with Crippen molar-refractivity contribution >= 4 is 33.7 Å². The summed E-state index contributed by atoms with van der Waals surface area (Å²) in [5.41, 5.74) is 1.64. The summed E-state index contributed by atoms with van der Waals surface area (Å²) in [4.78, 5) is 13.9. The number of aromatic hydroxyl groups is 1. The van der Waals surface area contributed by atoms with E-state index in [0.717, 1.165) is 56.2 Å². The minimum Gasteiger partial charge on any atom is -0.507 e. The molecule has 0 atom stereocenters. The number of ether oxygens (including phenoxy) is 1. The Hall–Kier alpha value is -1.49. The first-order valence-corrected chi connectivity index (χ1v) is 10.2. The molecule has 0 amide bonds. The molecule has 0 aliphatic carbocycles. The van der Waals surface area contributed by atoms with Crippen molar-refractivity contribution in [1.29, 1.82) is 0 Å². The van der Waals surface area contributed by atoms with Gasteiger partial charge in [-0.25, -0.2) is 4.79 Å². The summed E-state index contributed by atoms with van der Waals surface area (Å²) in [7, 11) is 0. The third-order valence-corrected chi connectivity index (χ3v) is 4.42. The Bertz CT molecular complexity index is 538. The van der Waals surface area contributed by atoms with E-state index in [1.807, 2.05) is 12.1 Å². The van der Waals surface area contributed by atoms with E-state index in [-0.39, 0.29) is 5.75 Å². The molecule has 0 spiro atoms. The first-order chi connectivity index (χ1) is 12.1. The Balaban J connectivity index is 2.74. The van der Waals surface area contributed by atoms with Crippen molar-refractivity contribution < 1.29 is 14.6 Å². The lowest BCUT2D eigenvalue weighted by Crippen LogP contribution is -2.25. The summed E-state index contributed by atoms with van der Waals surface area (Å²) < 4.78 is 5.05. The standard InChI is InChI=1S/C20H30BrNO3/c1-3-5-13-22(14-6-4-2)18-10-8-17(19(23)16-18)9-11-20(24)25-15-7-12-21/h8-11,16,23H,3-7,12-15H2,1-2H3. The average molecular weight is 412 g/mol. The van der Waals surface area contributed by atoms with Gasteiger partial charge in [0.25, 0.3) is 0 Å². The molecule has 1 rings (SSSR count). The lowest BCUT2D eigenvalue weighted by molar-refractivity contribution is -0.137. The number of esters is 1. The monoisotopic (exact) mass is 411 g/mol. The molecule has 0 aromatic heterocycles. The number of carbonyl (C=O) groups excluding carboxylic acids is 1. The van der Waals surface area contributed by atoms with E-state index >= 15 is 0 Å². The van der Waals surface area contributed by atoms with Crippen molar-refractivity contribution in [1.82, 2.24) is 0 Å². The van der Waals surface area contributed by atoms with Gasteiger partial charge in [-0.05, 0) is 37.5 Å². The van der Waals surface area contributed by atoms with Crippen LogP contribution in [0.25, 0.3) is 6.08 Å². The van der Waals surface area contributed by atoms with Gasteiger partial charge in [0.1, 0.15) is 5.75 Å². The minimum atomic E-state index is -0.392. The van der Waals surface area contributed by atoms with Gasteiger partial charge in [0.2, 0.25) is 0 Å². The zero-order chi connectivity index (χ0) is 18.5. The van der Waals surface area contributed by atoms with Crippen LogP contribution in [0, 0.1) is 0 Å². The molecule has 1 aromatic rings. The second-order valence-corrected chi connectivity index (χ2v) is 6.77. The summed E-state index contributed by atoms with van der Waals surface area (Å²) >= 11 is 3.29. The number of carbonyl (C=O) groups is 1. The van der Waals surface area contributed by atoms with Crippen LogP contribution < -0.4 is 4.90 Å². The topological polar surface area (TPSA) is 49.8 Å². The molecule has 0 aliphatic heterocycles. The second-order valence-electron chi connectivity index (χ2n) is 5.98. The fourth-order valence-corrected chi connectivity index (χ4v) is 2.60. The molecule has 1 aromatic carbocycles. The summed E-state index contributed by atoms with van der Waals surface area (Å²) in [5, 5.41) is 11.1. The maximum Gasteiger partial charge on any atom is 0.330 e. The van der Waals surface area contributed by atoms with Crippen molar-refractivity contribution in [2.45, 2.75) is 46.0 Å². The van der Waals surface area contributed by atoms with E-state index in [4.69, 9.17) is 4.74 Å². The Morgan fingerprint density at radius 1 is 1.20 bits per heavy atom. The van der Waals surface area contributed by atoms with E-state index in [0.29, 0.717) is 12.2 Å². The molecule has 0 radical (unpaired) electrons. The van der Waals surface area contributed by atoms with Crippen LogP contribution in [0.5, 0.6) is 5.75 Å². The molecular weight excluding hydrogens is 382 g/mol. The Kier molecular flexibility index (Phi) is 11.0. The predicted octanol–water partition coefficient (Wildman–Crippen LogP) is 5.14. The van der Waals surface area contributed by atoms with Crippen molar-refractivity contribution in [3.05, 3.63) is 29.8 Å². The molecule has 0 saturated carbocycles. The molecule has 4 nitrogen and oxygen atoms in total. The van der Waals surface area contributed by atoms with Crippen molar-refractivity contribution in [3.63, 3.8) is 0 Å². The smallest absolute Gasteiger partial charge is 0.330 e. The number of hydrogen-bond acceptors (Lipinski definition) is 4. The Labute approximate surface area is 160 Å². The number of hydrogen-bond donors (Lipinski definition) is 1. The maximum atomic E-state index is 11.6. The van der Waals surface area contributed by atoms with Gasteiger partial charge in [0.05, 0.1) is 6.61 Å². The number of benzene rings is 1. The number of phenols is 1. The van der Waals surface area contributed by atoms with Crippen LogP contribution in [0.1, 0.15) is 51.5 Å². The molecule has 25 heavy (non-hydrogen) atoms. The lowest BCUT2D eigenvalue weighted by Gasteiger charge is -2.25. The molecule has 0 fully saturated rings. The van der Waals surface area contributed by atoms with E-state index in [2.05, 4.69) is 34.7 Å². The second kappa shape index (κ2) is 12.8. The van der Waals surface area contributed by atoms with Crippen LogP contribution in [0.2, 0.25) is 0 Å². The average Bonchev–Trinajstić information content (AvgIpc) is 2.61. The fraction of sp³-hybridized carbons (Fsp3) is 0.550. The van der Waals surface area contributed by atoms with Crippen molar-refractivity contribution in [2.75, 3.05) is 29.9 Å². The van der Waals surface area contributed by atoms with Crippen LogP contribution >= 0.6 is 15.9 Å². The molecule has 0 bridgehead atoms. The van der Waals surface area contributed by atoms with Crippen LogP contribution in [-0.2, 0) is 9.53 Å². The normalized spacial score (nSPS) is 11.0. The summed E-state index contributed by atoms with van der Waals surface area (Å²) in [6.07, 6.45) is 8.29. The molecular formula is C20H30BrNO3. The largest absolute Gasteiger partial charge is 0.507 e. The number of unbranched alkanes of at least 4 members (excludes halogenated alkanes) is 2. The van der Waals surface area contributed by atoms with Gasteiger partial charge in [-0.15, -0.1) is 0 Å². The van der Waals surface area contributed by atoms with Crippen LogP contribution in [0.15, 0.2) is 24.3 Å². The summed E-state index contributed by atoms with van der Waals surface area (Å²) in [6.45, 7) is 6.74. The Morgan fingerprint density at radius 3 is 2.44 bits per heavy atom. The summed E-state index contributed by atoms with van der Waals surface area (Å²) in [6, 6.07) is 5.62. The molecule has 5 heteroatoms. The number of anilines is 1. The van der Waals surface area contributed by atoms with Gasteiger partial charge in [-0.3, -0.25) is 0 Å². The highest BCUT2D eigenvalue weighted by Gasteiger charge is 2.08. The molecule has 140 valence electrons. The molecule has 1 N–H and O–H groups in total. The van der Waals surface area contributed by atoms with Crippen LogP contribution in [0.3, 0.4) is 0 Å². The quantitative estimate of drug-likeness (QED) is 0.224. The fourth-order valence-electron chi connectivity index (χ4n) is 2.37. The van der Waals surface area contributed by atoms with Crippen LogP contribution in [0.4, 0.5) is 5.69 Å². The van der Waals surface area contributed by atoms with E-state index < -0.39 is 5.97 Å².